The molecular formula is C17H22N4O4. The van der Waals surface area contributed by atoms with Crippen LogP contribution in [-0.4, -0.2) is 57.6 Å². The highest BCUT2D eigenvalue weighted by Crippen LogP contribution is 2.40. The number of aromatic amines is 1. The maximum atomic E-state index is 12.6. The number of nitrogens with one attached hydrogen (secondary N) is 2. The molecule has 134 valence electrons. The third-order valence-corrected chi connectivity index (χ3v) is 5.93. The summed E-state index contributed by atoms with van der Waals surface area (Å²) in [4.78, 5) is 37.7. The lowest BCUT2D eigenvalue weighted by Crippen LogP contribution is -2.41. The molecule has 2 amide bonds. The molecule has 1 aromatic rings. The Morgan fingerprint density at radius 3 is 2.88 bits per heavy atom. The average molecular weight is 346 g/mol. The molecule has 3 heterocycles. The van der Waals surface area contributed by atoms with Crippen LogP contribution in [0.4, 0.5) is 0 Å². The van der Waals surface area contributed by atoms with Crippen LogP contribution in [0.5, 0.6) is 0 Å². The topological polar surface area (TPSA) is 115 Å². The molecule has 2 aliphatic heterocycles. The van der Waals surface area contributed by atoms with Crippen LogP contribution >= 0.6 is 0 Å². The van der Waals surface area contributed by atoms with Gasteiger partial charge in [-0.15, -0.1) is 0 Å². The van der Waals surface area contributed by atoms with Crippen molar-refractivity contribution in [3.8, 4) is 0 Å². The van der Waals surface area contributed by atoms with E-state index in [2.05, 4.69) is 15.5 Å². The van der Waals surface area contributed by atoms with Crippen molar-refractivity contribution < 1.29 is 19.5 Å². The van der Waals surface area contributed by atoms with E-state index in [1.165, 1.54) is 22.6 Å². The first-order valence-corrected chi connectivity index (χ1v) is 8.85. The molecule has 4 rings (SSSR count). The summed E-state index contributed by atoms with van der Waals surface area (Å²) in [5, 5.41) is 19.6. The summed E-state index contributed by atoms with van der Waals surface area (Å²) < 4.78 is 0. The molecule has 2 atom stereocenters. The molecular weight excluding hydrogens is 324 g/mol. The SMILES string of the molecule is O=C1NC[C@@]2(C(=O)O)CN(C(=O)CCc3n[nH]c4c3CCCC4)C[C@@H]12. The van der Waals surface area contributed by atoms with Gasteiger partial charge in [-0.3, -0.25) is 19.5 Å². The van der Waals surface area contributed by atoms with Crippen LogP contribution in [0.3, 0.4) is 0 Å². The molecule has 0 unspecified atom stereocenters. The van der Waals surface area contributed by atoms with Crippen molar-refractivity contribution in [2.45, 2.75) is 38.5 Å². The van der Waals surface area contributed by atoms with Gasteiger partial charge in [-0.1, -0.05) is 0 Å². The van der Waals surface area contributed by atoms with Gasteiger partial charge in [-0.25, -0.2) is 0 Å². The lowest BCUT2D eigenvalue weighted by Gasteiger charge is -2.22. The highest BCUT2D eigenvalue weighted by Gasteiger charge is 2.60. The molecule has 0 spiro atoms. The maximum absolute atomic E-state index is 12.6. The molecule has 1 aromatic heterocycles. The minimum Gasteiger partial charge on any atom is -0.481 e. The number of aromatic nitrogens is 2. The predicted molar refractivity (Wildman–Crippen MR) is 86.7 cm³/mol. The highest BCUT2D eigenvalue weighted by molar-refractivity contribution is 5.93. The van der Waals surface area contributed by atoms with E-state index in [1.807, 2.05) is 0 Å². The van der Waals surface area contributed by atoms with Gasteiger partial charge in [0.15, 0.2) is 0 Å². The van der Waals surface area contributed by atoms with Gasteiger partial charge in [0.25, 0.3) is 0 Å². The van der Waals surface area contributed by atoms with Gasteiger partial charge in [0.05, 0.1) is 11.6 Å². The highest BCUT2D eigenvalue weighted by atomic mass is 16.4. The van der Waals surface area contributed by atoms with Crippen LogP contribution in [0.2, 0.25) is 0 Å². The number of hydrogen-bond donors (Lipinski definition) is 3. The number of fused-ring (bicyclic) bond motifs is 2. The zero-order valence-electron chi connectivity index (χ0n) is 14.0. The molecule has 2 fully saturated rings. The molecule has 3 aliphatic rings. The van der Waals surface area contributed by atoms with E-state index in [-0.39, 0.29) is 31.4 Å². The normalized spacial score (nSPS) is 27.8. The Hall–Kier alpha value is -2.38. The first-order valence-electron chi connectivity index (χ1n) is 8.85. The van der Waals surface area contributed by atoms with Crippen molar-refractivity contribution in [3.05, 3.63) is 17.0 Å². The van der Waals surface area contributed by atoms with Crippen LogP contribution < -0.4 is 5.32 Å². The Bertz CT molecular complexity index is 743. The van der Waals surface area contributed by atoms with E-state index in [0.717, 1.165) is 25.0 Å². The molecule has 1 aliphatic carbocycles. The maximum Gasteiger partial charge on any atom is 0.314 e. The summed E-state index contributed by atoms with van der Waals surface area (Å²) in [6, 6.07) is 0. The van der Waals surface area contributed by atoms with Gasteiger partial charge in [0, 0.05) is 38.2 Å². The van der Waals surface area contributed by atoms with Crippen LogP contribution in [0, 0.1) is 11.3 Å². The van der Waals surface area contributed by atoms with Crippen molar-refractivity contribution in [1.29, 1.82) is 0 Å². The molecule has 2 saturated heterocycles. The molecule has 0 aromatic carbocycles. The number of H-pyrrole nitrogens is 1. The zero-order valence-corrected chi connectivity index (χ0v) is 14.0. The quantitative estimate of drug-likeness (QED) is 0.703. The summed E-state index contributed by atoms with van der Waals surface area (Å²) >= 11 is 0. The molecule has 3 N–H and O–H groups in total. The summed E-state index contributed by atoms with van der Waals surface area (Å²) in [5.41, 5.74) is 2.22. The molecule has 0 radical (unpaired) electrons. The Morgan fingerprint density at radius 1 is 1.32 bits per heavy atom. The number of nitrogens with zero attached hydrogens (tertiary/aromatic N) is 2. The van der Waals surface area contributed by atoms with E-state index in [0.29, 0.717) is 12.8 Å². The number of carboxylic acid groups (broad SMARTS) is 1. The number of carbonyl (C=O) groups excluding carboxylic acids is 2. The van der Waals surface area contributed by atoms with Crippen LogP contribution in [0.1, 0.15) is 36.2 Å². The second kappa shape index (κ2) is 5.86. The number of likely N-dealkylation sites (tertiary alicyclic amines) is 1. The van der Waals surface area contributed by atoms with Gasteiger partial charge < -0.3 is 15.3 Å². The summed E-state index contributed by atoms with van der Waals surface area (Å²) in [6.07, 6.45) is 5.18. The first-order chi connectivity index (χ1) is 12.0. The number of aliphatic carboxylic acids is 1. The van der Waals surface area contributed by atoms with Crippen LogP contribution in [0.15, 0.2) is 0 Å². The van der Waals surface area contributed by atoms with E-state index in [4.69, 9.17) is 0 Å². The number of aryl methyl sites for hydroxylation is 2. The molecule has 8 heteroatoms. The Balaban J connectivity index is 1.42. The van der Waals surface area contributed by atoms with Gasteiger partial charge in [-0.2, -0.15) is 5.10 Å². The summed E-state index contributed by atoms with van der Waals surface area (Å²) in [7, 11) is 0. The van der Waals surface area contributed by atoms with Crippen molar-refractivity contribution in [2.75, 3.05) is 19.6 Å². The monoisotopic (exact) mass is 346 g/mol. The third kappa shape index (κ3) is 2.51. The van der Waals surface area contributed by atoms with Crippen molar-refractivity contribution in [3.63, 3.8) is 0 Å². The Kier molecular flexibility index (Phi) is 3.77. The predicted octanol–water partition coefficient (Wildman–Crippen LogP) is -0.120. The van der Waals surface area contributed by atoms with Crippen LogP contribution in [-0.2, 0) is 33.6 Å². The fraction of sp³-hybridized carbons (Fsp3) is 0.647. The van der Waals surface area contributed by atoms with E-state index < -0.39 is 17.3 Å². The minimum atomic E-state index is -1.17. The number of amides is 2. The lowest BCUT2D eigenvalue weighted by atomic mass is 9.81. The standard InChI is InChI=1S/C17H22N4O4/c22-14(6-5-13-10-3-1-2-4-12(10)19-20-13)21-7-11-15(23)18-8-17(11,9-21)16(24)25/h11H,1-9H2,(H,18,23)(H,19,20)(H,24,25)/t11-,17+/m0/s1. The molecule has 0 saturated carbocycles. The Labute approximate surface area is 145 Å². The number of carboxylic acids is 1. The fourth-order valence-corrected chi connectivity index (χ4v) is 4.41. The molecule has 0 bridgehead atoms. The second-order valence-corrected chi connectivity index (χ2v) is 7.34. The van der Waals surface area contributed by atoms with E-state index in [9.17, 15) is 19.5 Å². The minimum absolute atomic E-state index is 0.0997. The fourth-order valence-electron chi connectivity index (χ4n) is 4.41. The average Bonchev–Trinajstić information content (AvgIpc) is 3.27. The zero-order chi connectivity index (χ0) is 17.6. The van der Waals surface area contributed by atoms with Gasteiger partial charge >= 0.3 is 5.97 Å². The summed E-state index contributed by atoms with van der Waals surface area (Å²) in [6.45, 7) is 0.390. The van der Waals surface area contributed by atoms with E-state index >= 15 is 0 Å². The van der Waals surface area contributed by atoms with Gasteiger partial charge in [-0.05, 0) is 31.2 Å². The summed E-state index contributed by atoms with van der Waals surface area (Å²) in [5.74, 6) is -2.02. The van der Waals surface area contributed by atoms with Crippen molar-refractivity contribution in [2.24, 2.45) is 11.3 Å². The number of hydrogen-bond acceptors (Lipinski definition) is 4. The lowest BCUT2D eigenvalue weighted by molar-refractivity contribution is -0.150. The van der Waals surface area contributed by atoms with Gasteiger partial charge in [0.2, 0.25) is 11.8 Å². The second-order valence-electron chi connectivity index (χ2n) is 7.34. The van der Waals surface area contributed by atoms with Gasteiger partial charge in [0.1, 0.15) is 5.41 Å². The first kappa shape index (κ1) is 16.1. The van der Waals surface area contributed by atoms with Crippen molar-refractivity contribution >= 4 is 17.8 Å². The van der Waals surface area contributed by atoms with Crippen molar-refractivity contribution in [1.82, 2.24) is 20.4 Å². The Morgan fingerprint density at radius 2 is 2.12 bits per heavy atom. The number of rotatable bonds is 4. The number of carbonyl (C=O) groups is 3. The largest absolute Gasteiger partial charge is 0.481 e. The van der Waals surface area contributed by atoms with Crippen LogP contribution in [0.25, 0.3) is 0 Å². The smallest absolute Gasteiger partial charge is 0.314 e. The molecule has 8 nitrogen and oxygen atoms in total. The molecule has 25 heavy (non-hydrogen) atoms. The van der Waals surface area contributed by atoms with E-state index in [1.54, 1.807) is 0 Å². The third-order valence-electron chi connectivity index (χ3n) is 5.93.